The molecule has 1 N–H and O–H groups in total. The average molecular weight is 400 g/mol. The Morgan fingerprint density at radius 3 is 2.31 bits per heavy atom. The van der Waals surface area contributed by atoms with Gasteiger partial charge in [0.05, 0.1) is 16.5 Å². The molecule has 0 aliphatic heterocycles. The Morgan fingerprint density at radius 2 is 1.69 bits per heavy atom. The van der Waals surface area contributed by atoms with Crippen molar-refractivity contribution < 1.29 is 19.4 Å². The fourth-order valence-electron chi connectivity index (χ4n) is 2.31. The summed E-state index contributed by atoms with van der Waals surface area (Å²) in [5, 5.41) is 24.2. The van der Waals surface area contributed by atoms with E-state index in [0.717, 1.165) is 12.8 Å². The highest BCUT2D eigenvalue weighted by Crippen LogP contribution is 2.13. The Hall–Kier alpha value is -3.82. The van der Waals surface area contributed by atoms with Gasteiger partial charge in [-0.05, 0) is 49.1 Å². The van der Waals surface area contributed by atoms with Crippen LogP contribution in [0, 0.1) is 20.2 Å². The number of carbonyl (C=O) groups is 1. The first kappa shape index (κ1) is 21.5. The van der Waals surface area contributed by atoms with Gasteiger partial charge in [0.2, 0.25) is 0 Å². The molecule has 152 valence electrons. The highest BCUT2D eigenvalue weighted by Gasteiger charge is 2.05. The van der Waals surface area contributed by atoms with Gasteiger partial charge in [0.15, 0.2) is 0 Å². The van der Waals surface area contributed by atoms with Crippen LogP contribution in [0.1, 0.15) is 24.8 Å². The van der Waals surface area contributed by atoms with E-state index in [1.165, 1.54) is 36.5 Å². The molecule has 0 saturated carbocycles. The third kappa shape index (κ3) is 7.75. The molecular weight excluding hydrogens is 380 g/mol. The quantitative estimate of drug-likeness (QED) is 0.198. The van der Waals surface area contributed by atoms with E-state index in [1.54, 1.807) is 18.2 Å². The predicted molar refractivity (Wildman–Crippen MR) is 106 cm³/mol. The Morgan fingerprint density at radius 1 is 1.00 bits per heavy atom. The van der Waals surface area contributed by atoms with Crippen LogP contribution in [0.15, 0.2) is 48.7 Å². The lowest BCUT2D eigenvalue weighted by Crippen LogP contribution is -2.05. The Labute approximate surface area is 166 Å². The number of nitrogens with zero attached hydrogens (tertiary/aromatic N) is 3. The molecule has 10 nitrogen and oxygen atoms in total. The van der Waals surface area contributed by atoms with Crippen molar-refractivity contribution in [3.63, 3.8) is 0 Å². The molecule has 0 saturated heterocycles. The van der Waals surface area contributed by atoms with E-state index >= 15 is 0 Å². The lowest BCUT2D eigenvalue weighted by Gasteiger charge is -2.05. The number of nitro groups is 2. The Bertz CT molecular complexity index is 865. The molecule has 0 amide bonds. The third-order valence-electron chi connectivity index (χ3n) is 3.85. The monoisotopic (exact) mass is 400 g/mol. The first-order chi connectivity index (χ1) is 14.0. The fraction of sp³-hybridized carbons (Fsp3) is 0.263. The van der Waals surface area contributed by atoms with Gasteiger partial charge in [-0.25, -0.2) is 9.78 Å². The average Bonchev–Trinajstić information content (AvgIpc) is 2.72. The molecule has 0 aliphatic rings. The maximum Gasteiger partial charge on any atom is 0.330 e. The van der Waals surface area contributed by atoms with E-state index in [2.05, 4.69) is 10.3 Å². The summed E-state index contributed by atoms with van der Waals surface area (Å²) in [4.78, 5) is 35.8. The van der Waals surface area contributed by atoms with Crippen LogP contribution in [0.5, 0.6) is 0 Å². The number of benzene rings is 1. The summed E-state index contributed by atoms with van der Waals surface area (Å²) in [5.74, 6) is 0.0926. The van der Waals surface area contributed by atoms with Crippen molar-refractivity contribution in [1.82, 2.24) is 4.98 Å². The summed E-state index contributed by atoms with van der Waals surface area (Å²) in [5.41, 5.74) is 0.599. The van der Waals surface area contributed by atoms with E-state index in [4.69, 9.17) is 4.74 Å². The van der Waals surface area contributed by atoms with Crippen molar-refractivity contribution in [1.29, 1.82) is 0 Å². The molecule has 0 spiro atoms. The summed E-state index contributed by atoms with van der Waals surface area (Å²) >= 11 is 0. The van der Waals surface area contributed by atoms with Crippen molar-refractivity contribution >= 4 is 29.2 Å². The predicted octanol–water partition coefficient (Wildman–Crippen LogP) is 3.74. The van der Waals surface area contributed by atoms with E-state index in [0.29, 0.717) is 31.0 Å². The largest absolute Gasteiger partial charge is 0.463 e. The lowest BCUT2D eigenvalue weighted by atomic mass is 10.2. The second-order valence-corrected chi connectivity index (χ2v) is 6.00. The number of hydrogen-bond donors (Lipinski definition) is 1. The molecule has 1 aromatic carbocycles. The number of rotatable bonds is 11. The molecule has 0 fully saturated rings. The number of nitrogens with one attached hydrogen (secondary N) is 1. The van der Waals surface area contributed by atoms with Gasteiger partial charge in [-0.15, -0.1) is 0 Å². The van der Waals surface area contributed by atoms with Gasteiger partial charge in [-0.2, -0.15) is 0 Å². The fourth-order valence-corrected chi connectivity index (χ4v) is 2.31. The minimum atomic E-state index is -0.501. The van der Waals surface area contributed by atoms with Crippen LogP contribution >= 0.6 is 0 Å². The Balaban J connectivity index is 1.57. The van der Waals surface area contributed by atoms with Gasteiger partial charge in [0.1, 0.15) is 12.0 Å². The van der Waals surface area contributed by atoms with E-state index in [-0.39, 0.29) is 11.4 Å². The molecule has 29 heavy (non-hydrogen) atoms. The number of pyridine rings is 1. The van der Waals surface area contributed by atoms with Crippen molar-refractivity contribution in [3.8, 4) is 0 Å². The van der Waals surface area contributed by atoms with Crippen molar-refractivity contribution in [2.75, 3.05) is 18.5 Å². The zero-order chi connectivity index (χ0) is 21.1. The number of anilines is 1. The topological polar surface area (TPSA) is 138 Å². The first-order valence-corrected chi connectivity index (χ1v) is 8.89. The molecule has 2 rings (SSSR count). The standard InChI is InChI=1S/C19H20N4O6/c24-19(11-6-15-4-7-16(8-5-15)22(25)26)29-13-3-1-2-12-20-18-10-9-17(14-21-18)23(27)28/h4-11,14H,1-3,12-13H2,(H,20,21)/b11-6+. The molecule has 0 unspecified atom stereocenters. The van der Waals surface area contributed by atoms with Crippen LogP contribution in [0.3, 0.4) is 0 Å². The molecule has 2 aromatic rings. The minimum absolute atomic E-state index is 0.0106. The number of carbonyl (C=O) groups excluding carboxylic acids is 1. The highest BCUT2D eigenvalue weighted by atomic mass is 16.6. The summed E-state index contributed by atoms with van der Waals surface area (Å²) in [6, 6.07) is 8.77. The third-order valence-corrected chi connectivity index (χ3v) is 3.85. The summed E-state index contributed by atoms with van der Waals surface area (Å²) in [7, 11) is 0. The summed E-state index contributed by atoms with van der Waals surface area (Å²) in [6.45, 7) is 0.942. The van der Waals surface area contributed by atoms with Crippen LogP contribution < -0.4 is 5.32 Å². The van der Waals surface area contributed by atoms with Crippen LogP contribution in [-0.4, -0.2) is 34.0 Å². The smallest absolute Gasteiger partial charge is 0.330 e. The van der Waals surface area contributed by atoms with Crippen LogP contribution in [-0.2, 0) is 9.53 Å². The zero-order valence-electron chi connectivity index (χ0n) is 15.5. The Kier molecular flexibility index (Phi) is 8.24. The number of unbranched alkanes of at least 4 members (excludes halogenated alkanes) is 2. The molecule has 0 aliphatic carbocycles. The van der Waals surface area contributed by atoms with Gasteiger partial charge in [0, 0.05) is 30.8 Å². The summed E-state index contributed by atoms with van der Waals surface area (Å²) in [6.07, 6.45) is 6.38. The molecule has 10 heteroatoms. The molecule has 1 aromatic heterocycles. The molecular formula is C19H20N4O6. The number of non-ortho nitro benzene ring substituents is 1. The van der Waals surface area contributed by atoms with E-state index in [1.807, 2.05) is 0 Å². The maximum absolute atomic E-state index is 11.7. The first-order valence-electron chi connectivity index (χ1n) is 8.89. The number of aromatic nitrogens is 1. The molecule has 0 bridgehead atoms. The van der Waals surface area contributed by atoms with Gasteiger partial charge in [-0.3, -0.25) is 20.2 Å². The molecule has 0 atom stereocenters. The number of nitro benzene ring substituents is 1. The van der Waals surface area contributed by atoms with Crippen molar-refractivity contribution in [2.45, 2.75) is 19.3 Å². The van der Waals surface area contributed by atoms with Gasteiger partial charge < -0.3 is 10.1 Å². The van der Waals surface area contributed by atoms with Crippen molar-refractivity contribution in [2.24, 2.45) is 0 Å². The zero-order valence-corrected chi connectivity index (χ0v) is 15.5. The number of hydrogen-bond acceptors (Lipinski definition) is 8. The normalized spacial score (nSPS) is 10.6. The maximum atomic E-state index is 11.7. The van der Waals surface area contributed by atoms with Crippen molar-refractivity contribution in [3.05, 3.63) is 74.5 Å². The van der Waals surface area contributed by atoms with Crippen LogP contribution in [0.25, 0.3) is 6.08 Å². The second-order valence-electron chi connectivity index (χ2n) is 6.00. The van der Waals surface area contributed by atoms with E-state index in [9.17, 15) is 25.0 Å². The highest BCUT2D eigenvalue weighted by molar-refractivity contribution is 5.87. The van der Waals surface area contributed by atoms with Crippen LogP contribution in [0.2, 0.25) is 0 Å². The lowest BCUT2D eigenvalue weighted by molar-refractivity contribution is -0.385. The minimum Gasteiger partial charge on any atom is -0.463 e. The van der Waals surface area contributed by atoms with Gasteiger partial charge in [-0.1, -0.05) is 0 Å². The summed E-state index contributed by atoms with van der Waals surface area (Å²) < 4.78 is 5.10. The number of esters is 1. The molecule has 1 heterocycles. The molecule has 0 radical (unpaired) electrons. The van der Waals surface area contributed by atoms with E-state index < -0.39 is 15.8 Å². The SMILES string of the molecule is O=C(/C=C/c1ccc([N+](=O)[O-])cc1)OCCCCCNc1ccc([N+](=O)[O-])cn1. The second kappa shape index (κ2) is 11.1. The van der Waals surface area contributed by atoms with Gasteiger partial charge >= 0.3 is 5.97 Å². The van der Waals surface area contributed by atoms with Gasteiger partial charge in [0.25, 0.3) is 11.4 Å². The number of ether oxygens (including phenoxy) is 1. The van der Waals surface area contributed by atoms with Crippen LogP contribution in [0.4, 0.5) is 17.2 Å².